The molecule has 2 aromatic heterocycles. The van der Waals surface area contributed by atoms with Crippen LogP contribution in [-0.4, -0.2) is 46.4 Å². The van der Waals surface area contributed by atoms with Gasteiger partial charge in [0.05, 0.1) is 36.5 Å². The van der Waals surface area contributed by atoms with E-state index in [0.29, 0.717) is 17.2 Å². The van der Waals surface area contributed by atoms with Gasteiger partial charge in [0, 0.05) is 36.3 Å². The van der Waals surface area contributed by atoms with E-state index in [1.807, 2.05) is 36.0 Å². The molecule has 0 saturated carbocycles. The summed E-state index contributed by atoms with van der Waals surface area (Å²) in [4.78, 5) is 17.3. The molecule has 1 aliphatic rings. The predicted molar refractivity (Wildman–Crippen MR) is 120 cm³/mol. The molecule has 2 unspecified atom stereocenters. The largest absolute Gasteiger partial charge is 0.394 e. The van der Waals surface area contributed by atoms with Gasteiger partial charge in [-0.1, -0.05) is 23.7 Å². The first-order valence-corrected chi connectivity index (χ1v) is 10.6. The van der Waals surface area contributed by atoms with E-state index >= 15 is 0 Å². The molecule has 3 aromatic rings. The average Bonchev–Trinajstić information content (AvgIpc) is 3.45. The minimum atomic E-state index is -0.540. The minimum Gasteiger partial charge on any atom is -0.394 e. The Hall–Kier alpha value is -2.87. The Morgan fingerprint density at radius 1 is 1.39 bits per heavy atom. The van der Waals surface area contributed by atoms with Crippen LogP contribution in [0.25, 0.3) is 5.69 Å². The summed E-state index contributed by atoms with van der Waals surface area (Å²) in [6.07, 6.45) is 6.38. The standard InChI is InChI=1S/C23H25ClN4O3/c1-15-11-25-22(26-19-6-8-31-14-19)10-21(15)28-7-5-17(12-28)23(30)27-20(13-29)16-3-2-4-18(24)9-16/h2-5,7,9-12,19-20,29H,6,8,13-14H2,1H3,(H,25,26)(H,27,30). The number of nitrogens with one attached hydrogen (secondary N) is 2. The van der Waals surface area contributed by atoms with Crippen LogP contribution in [0.2, 0.25) is 5.02 Å². The number of halogens is 1. The lowest BCUT2D eigenvalue weighted by Gasteiger charge is -2.16. The maximum atomic E-state index is 12.8. The van der Waals surface area contributed by atoms with Gasteiger partial charge in [-0.15, -0.1) is 0 Å². The summed E-state index contributed by atoms with van der Waals surface area (Å²) in [5, 5.41) is 16.6. The number of benzene rings is 1. The molecule has 4 rings (SSSR count). The first kappa shape index (κ1) is 21.4. The quantitative estimate of drug-likeness (QED) is 0.523. The lowest BCUT2D eigenvalue weighted by molar-refractivity contribution is 0.0916. The Balaban J connectivity index is 1.50. The Labute approximate surface area is 186 Å². The van der Waals surface area contributed by atoms with E-state index < -0.39 is 6.04 Å². The third kappa shape index (κ3) is 5.07. The average molecular weight is 441 g/mol. The molecule has 3 N–H and O–H groups in total. The molecule has 1 saturated heterocycles. The number of amides is 1. The number of aliphatic hydroxyl groups excluding tert-OH is 1. The Morgan fingerprint density at radius 2 is 2.26 bits per heavy atom. The first-order valence-electron chi connectivity index (χ1n) is 10.2. The molecule has 1 aliphatic heterocycles. The molecule has 2 atom stereocenters. The van der Waals surface area contributed by atoms with Gasteiger partial charge in [0.1, 0.15) is 5.82 Å². The van der Waals surface area contributed by atoms with Gasteiger partial charge in [-0.3, -0.25) is 4.79 Å². The van der Waals surface area contributed by atoms with Crippen LogP contribution in [0.4, 0.5) is 5.82 Å². The number of aromatic nitrogens is 2. The van der Waals surface area contributed by atoms with Crippen molar-refractivity contribution in [2.45, 2.75) is 25.4 Å². The number of hydrogen-bond donors (Lipinski definition) is 3. The Bertz CT molecular complexity index is 1060. The van der Waals surface area contributed by atoms with E-state index in [0.717, 1.165) is 35.7 Å². The van der Waals surface area contributed by atoms with Crippen molar-refractivity contribution in [2.75, 3.05) is 25.1 Å². The highest BCUT2D eigenvalue weighted by Gasteiger charge is 2.18. The summed E-state index contributed by atoms with van der Waals surface area (Å²) in [6.45, 7) is 3.19. The Morgan fingerprint density at radius 3 is 3.00 bits per heavy atom. The van der Waals surface area contributed by atoms with Crippen molar-refractivity contribution < 1.29 is 14.6 Å². The molecule has 0 spiro atoms. The van der Waals surface area contributed by atoms with Crippen LogP contribution in [-0.2, 0) is 4.74 Å². The fourth-order valence-corrected chi connectivity index (χ4v) is 3.81. The van der Waals surface area contributed by atoms with Gasteiger partial charge in [0.2, 0.25) is 0 Å². The summed E-state index contributed by atoms with van der Waals surface area (Å²) in [5.41, 5.74) is 3.17. The number of aliphatic hydroxyl groups is 1. The number of ether oxygens (including phenoxy) is 1. The molecular weight excluding hydrogens is 416 g/mol. The summed E-state index contributed by atoms with van der Waals surface area (Å²) in [6, 6.07) is 10.5. The predicted octanol–water partition coefficient (Wildman–Crippen LogP) is 3.50. The number of rotatable bonds is 7. The maximum absolute atomic E-state index is 12.8. The zero-order chi connectivity index (χ0) is 21.8. The van der Waals surface area contributed by atoms with E-state index in [1.54, 1.807) is 30.5 Å². The first-order chi connectivity index (χ1) is 15.0. The lowest BCUT2D eigenvalue weighted by atomic mass is 10.1. The number of pyridine rings is 1. The van der Waals surface area contributed by atoms with E-state index in [2.05, 4.69) is 15.6 Å². The van der Waals surface area contributed by atoms with Crippen molar-refractivity contribution in [1.82, 2.24) is 14.9 Å². The number of carbonyl (C=O) groups is 1. The minimum absolute atomic E-state index is 0.226. The second-order valence-corrected chi connectivity index (χ2v) is 8.07. The zero-order valence-corrected chi connectivity index (χ0v) is 18.0. The molecule has 0 aliphatic carbocycles. The number of aryl methyl sites for hydroxylation is 1. The SMILES string of the molecule is Cc1cnc(NC2CCOC2)cc1-n1ccc(C(=O)NC(CO)c2cccc(Cl)c2)c1. The highest BCUT2D eigenvalue weighted by Crippen LogP contribution is 2.21. The van der Waals surface area contributed by atoms with Crippen LogP contribution >= 0.6 is 11.6 Å². The van der Waals surface area contributed by atoms with Gasteiger partial charge in [-0.25, -0.2) is 4.98 Å². The summed E-state index contributed by atoms with van der Waals surface area (Å²) in [7, 11) is 0. The Kier molecular flexibility index (Phi) is 6.56. The van der Waals surface area contributed by atoms with Crippen LogP contribution < -0.4 is 10.6 Å². The summed E-state index contributed by atoms with van der Waals surface area (Å²) < 4.78 is 7.31. The number of anilines is 1. The number of nitrogens with zero attached hydrogens (tertiary/aromatic N) is 2. The van der Waals surface area contributed by atoms with Crippen molar-refractivity contribution in [1.29, 1.82) is 0 Å². The van der Waals surface area contributed by atoms with Crippen molar-refractivity contribution in [3.63, 3.8) is 0 Å². The van der Waals surface area contributed by atoms with Gasteiger partial charge in [0.25, 0.3) is 5.91 Å². The highest BCUT2D eigenvalue weighted by atomic mass is 35.5. The fraction of sp³-hybridized carbons (Fsp3) is 0.304. The smallest absolute Gasteiger partial charge is 0.253 e. The lowest BCUT2D eigenvalue weighted by Crippen LogP contribution is -2.30. The molecule has 1 amide bonds. The van der Waals surface area contributed by atoms with Crippen LogP contribution in [0.1, 0.15) is 33.9 Å². The van der Waals surface area contributed by atoms with Crippen molar-refractivity contribution in [3.8, 4) is 5.69 Å². The molecule has 31 heavy (non-hydrogen) atoms. The number of hydrogen-bond acceptors (Lipinski definition) is 5. The van der Waals surface area contributed by atoms with Crippen LogP contribution in [0.3, 0.4) is 0 Å². The van der Waals surface area contributed by atoms with E-state index in [1.165, 1.54) is 0 Å². The van der Waals surface area contributed by atoms with Gasteiger partial charge < -0.3 is 25.0 Å². The molecule has 8 heteroatoms. The molecule has 0 radical (unpaired) electrons. The van der Waals surface area contributed by atoms with E-state index in [-0.39, 0.29) is 18.6 Å². The van der Waals surface area contributed by atoms with Gasteiger partial charge in [-0.05, 0) is 42.7 Å². The van der Waals surface area contributed by atoms with Crippen molar-refractivity contribution >= 4 is 23.3 Å². The second kappa shape index (κ2) is 9.51. The van der Waals surface area contributed by atoms with Crippen LogP contribution in [0, 0.1) is 6.92 Å². The third-order valence-electron chi connectivity index (χ3n) is 5.33. The topological polar surface area (TPSA) is 88.4 Å². The normalized spacial score (nSPS) is 16.8. The van der Waals surface area contributed by atoms with Crippen molar-refractivity contribution in [3.05, 3.63) is 76.7 Å². The molecule has 3 heterocycles. The molecule has 162 valence electrons. The number of carbonyl (C=O) groups excluding carboxylic acids is 1. The van der Waals surface area contributed by atoms with Gasteiger partial charge >= 0.3 is 0 Å². The monoisotopic (exact) mass is 440 g/mol. The van der Waals surface area contributed by atoms with Gasteiger partial charge in [-0.2, -0.15) is 0 Å². The highest BCUT2D eigenvalue weighted by molar-refractivity contribution is 6.30. The second-order valence-electron chi connectivity index (χ2n) is 7.63. The molecule has 1 aromatic carbocycles. The van der Waals surface area contributed by atoms with E-state index in [4.69, 9.17) is 16.3 Å². The molecular formula is C23H25ClN4O3. The molecule has 7 nitrogen and oxygen atoms in total. The van der Waals surface area contributed by atoms with Crippen molar-refractivity contribution in [2.24, 2.45) is 0 Å². The van der Waals surface area contributed by atoms with Gasteiger partial charge in [0.15, 0.2) is 0 Å². The zero-order valence-electron chi connectivity index (χ0n) is 17.2. The maximum Gasteiger partial charge on any atom is 0.253 e. The van der Waals surface area contributed by atoms with Crippen LogP contribution in [0.15, 0.2) is 55.0 Å². The van der Waals surface area contributed by atoms with E-state index in [9.17, 15) is 9.90 Å². The van der Waals surface area contributed by atoms with Crippen LogP contribution in [0.5, 0.6) is 0 Å². The molecule has 1 fully saturated rings. The summed E-state index contributed by atoms with van der Waals surface area (Å²) >= 11 is 6.04. The molecule has 0 bridgehead atoms. The summed E-state index contributed by atoms with van der Waals surface area (Å²) in [5.74, 6) is 0.503. The third-order valence-corrected chi connectivity index (χ3v) is 5.56. The fourth-order valence-electron chi connectivity index (χ4n) is 3.61.